The molecule has 2 aromatic carbocycles. The highest BCUT2D eigenvalue weighted by molar-refractivity contribution is 9.10. The first-order valence-electron chi connectivity index (χ1n) is 10.9. The highest BCUT2D eigenvalue weighted by Crippen LogP contribution is 2.25. The molecule has 186 valence electrons. The molecule has 0 aliphatic rings. The summed E-state index contributed by atoms with van der Waals surface area (Å²) < 4.78 is 41.4. The number of sulfonamides is 1. The Labute approximate surface area is 209 Å². The number of amides is 2. The molecule has 0 saturated carbocycles. The lowest BCUT2D eigenvalue weighted by atomic mass is 10.1. The average molecular weight is 556 g/mol. The number of carbonyl (C=O) groups excluding carboxylic acids is 2. The van der Waals surface area contributed by atoms with Crippen LogP contribution in [-0.4, -0.2) is 50.0 Å². The van der Waals surface area contributed by atoms with Gasteiger partial charge in [-0.1, -0.05) is 41.1 Å². The monoisotopic (exact) mass is 555 g/mol. The van der Waals surface area contributed by atoms with Crippen molar-refractivity contribution in [3.05, 3.63) is 63.9 Å². The van der Waals surface area contributed by atoms with Crippen molar-refractivity contribution >= 4 is 43.5 Å². The van der Waals surface area contributed by atoms with Gasteiger partial charge in [0.25, 0.3) is 0 Å². The van der Waals surface area contributed by atoms with Crippen LogP contribution in [-0.2, 0) is 26.2 Å². The quantitative estimate of drug-likeness (QED) is 0.480. The van der Waals surface area contributed by atoms with Crippen LogP contribution in [0, 0.1) is 12.7 Å². The Bertz CT molecular complexity index is 1140. The number of hydrogen-bond acceptors (Lipinski definition) is 4. The Morgan fingerprint density at radius 1 is 1.15 bits per heavy atom. The van der Waals surface area contributed by atoms with Gasteiger partial charge in [-0.15, -0.1) is 0 Å². The van der Waals surface area contributed by atoms with Crippen molar-refractivity contribution in [3.63, 3.8) is 0 Å². The largest absolute Gasteiger partial charge is 0.352 e. The van der Waals surface area contributed by atoms with Gasteiger partial charge in [-0.3, -0.25) is 13.9 Å². The summed E-state index contributed by atoms with van der Waals surface area (Å²) in [5.74, 6) is -1.54. The standard InChI is InChI=1S/C24H31BrFN3O4S/c1-6-17(3)27-24(31)18(4)28(14-19-9-7-8-10-22(19)26)23(30)15-29(34(5,32)33)20-11-12-21(25)16(2)13-20/h7-13,17-18H,6,14-15H2,1-5H3,(H,27,31)/t17-,18-/m0/s1. The minimum Gasteiger partial charge on any atom is -0.352 e. The molecule has 0 spiro atoms. The highest BCUT2D eigenvalue weighted by atomic mass is 79.9. The summed E-state index contributed by atoms with van der Waals surface area (Å²) in [6.45, 7) is 6.40. The van der Waals surface area contributed by atoms with Crippen LogP contribution in [0.4, 0.5) is 10.1 Å². The van der Waals surface area contributed by atoms with E-state index in [4.69, 9.17) is 0 Å². The van der Waals surface area contributed by atoms with E-state index >= 15 is 0 Å². The van der Waals surface area contributed by atoms with E-state index in [1.54, 1.807) is 31.2 Å². The summed E-state index contributed by atoms with van der Waals surface area (Å²) in [6, 6.07) is 9.85. The van der Waals surface area contributed by atoms with Gasteiger partial charge in [-0.05, 0) is 57.0 Å². The number of nitrogens with zero attached hydrogens (tertiary/aromatic N) is 2. The normalized spacial score (nSPS) is 13.1. The van der Waals surface area contributed by atoms with Crippen LogP contribution in [0.5, 0.6) is 0 Å². The summed E-state index contributed by atoms with van der Waals surface area (Å²) in [4.78, 5) is 27.5. The maximum atomic E-state index is 14.4. The van der Waals surface area contributed by atoms with Crippen LogP contribution in [0.1, 0.15) is 38.3 Å². The minimum absolute atomic E-state index is 0.112. The van der Waals surface area contributed by atoms with Gasteiger partial charge in [0.1, 0.15) is 18.4 Å². The Balaban J connectivity index is 2.42. The molecule has 1 N–H and O–H groups in total. The molecule has 0 unspecified atom stereocenters. The molecular formula is C24H31BrFN3O4S. The second kappa shape index (κ2) is 11.8. The lowest BCUT2D eigenvalue weighted by Gasteiger charge is -2.32. The topological polar surface area (TPSA) is 86.8 Å². The van der Waals surface area contributed by atoms with Crippen LogP contribution in [0.15, 0.2) is 46.9 Å². The van der Waals surface area contributed by atoms with Gasteiger partial charge < -0.3 is 10.2 Å². The second-order valence-electron chi connectivity index (χ2n) is 8.31. The van der Waals surface area contributed by atoms with Gasteiger partial charge >= 0.3 is 0 Å². The lowest BCUT2D eigenvalue weighted by molar-refractivity contribution is -0.139. The van der Waals surface area contributed by atoms with E-state index in [0.717, 1.165) is 20.6 Å². The number of aryl methyl sites for hydroxylation is 1. The van der Waals surface area contributed by atoms with Crippen molar-refractivity contribution in [1.82, 2.24) is 10.2 Å². The second-order valence-corrected chi connectivity index (χ2v) is 11.1. The minimum atomic E-state index is -3.83. The number of anilines is 1. The SMILES string of the molecule is CC[C@H](C)NC(=O)[C@H](C)N(Cc1ccccc1F)C(=O)CN(c1ccc(Br)c(C)c1)S(C)(=O)=O. The summed E-state index contributed by atoms with van der Waals surface area (Å²) >= 11 is 3.38. The van der Waals surface area contributed by atoms with Crippen molar-refractivity contribution in [2.45, 2.75) is 52.7 Å². The Morgan fingerprint density at radius 2 is 1.79 bits per heavy atom. The van der Waals surface area contributed by atoms with E-state index in [0.29, 0.717) is 12.1 Å². The van der Waals surface area contributed by atoms with Crippen LogP contribution in [0.3, 0.4) is 0 Å². The van der Waals surface area contributed by atoms with E-state index < -0.39 is 40.2 Å². The molecule has 2 amide bonds. The molecule has 0 saturated heterocycles. The predicted octanol–water partition coefficient (Wildman–Crippen LogP) is 3.99. The molecule has 2 rings (SSSR count). The van der Waals surface area contributed by atoms with Crippen molar-refractivity contribution in [1.29, 1.82) is 0 Å². The molecule has 0 bridgehead atoms. The lowest BCUT2D eigenvalue weighted by Crippen LogP contribution is -2.52. The Morgan fingerprint density at radius 3 is 2.35 bits per heavy atom. The predicted molar refractivity (Wildman–Crippen MR) is 135 cm³/mol. The van der Waals surface area contributed by atoms with Gasteiger partial charge in [0, 0.05) is 22.6 Å². The third kappa shape index (κ3) is 7.27. The number of rotatable bonds is 10. The number of nitrogens with one attached hydrogen (secondary N) is 1. The summed E-state index contributed by atoms with van der Waals surface area (Å²) in [7, 11) is -3.83. The van der Waals surface area contributed by atoms with Crippen molar-refractivity contribution in [3.8, 4) is 0 Å². The number of carbonyl (C=O) groups is 2. The molecule has 7 nitrogen and oxygen atoms in total. The molecule has 0 aliphatic carbocycles. The summed E-state index contributed by atoms with van der Waals surface area (Å²) in [5.41, 5.74) is 1.34. The molecule has 0 heterocycles. The van der Waals surface area contributed by atoms with Gasteiger partial charge in [0.15, 0.2) is 0 Å². The fourth-order valence-electron chi connectivity index (χ4n) is 3.26. The third-order valence-corrected chi connectivity index (χ3v) is 7.61. The maximum Gasteiger partial charge on any atom is 0.244 e. The smallest absolute Gasteiger partial charge is 0.244 e. The van der Waals surface area contributed by atoms with Crippen molar-refractivity contribution in [2.75, 3.05) is 17.1 Å². The molecule has 2 atom stereocenters. The molecule has 34 heavy (non-hydrogen) atoms. The zero-order valence-electron chi connectivity index (χ0n) is 20.0. The van der Waals surface area contributed by atoms with E-state index in [-0.39, 0.29) is 18.2 Å². The van der Waals surface area contributed by atoms with E-state index in [9.17, 15) is 22.4 Å². The molecular weight excluding hydrogens is 525 g/mol. The molecule has 0 radical (unpaired) electrons. The third-order valence-electron chi connectivity index (χ3n) is 5.58. The Hall–Kier alpha value is -2.46. The van der Waals surface area contributed by atoms with Gasteiger partial charge in [-0.2, -0.15) is 0 Å². The fraction of sp³-hybridized carbons (Fsp3) is 0.417. The van der Waals surface area contributed by atoms with E-state index in [1.807, 2.05) is 20.8 Å². The first-order valence-corrected chi connectivity index (χ1v) is 13.6. The van der Waals surface area contributed by atoms with Crippen LogP contribution < -0.4 is 9.62 Å². The first-order chi connectivity index (χ1) is 15.8. The molecule has 0 aliphatic heterocycles. The van der Waals surface area contributed by atoms with Gasteiger partial charge in [-0.25, -0.2) is 12.8 Å². The highest BCUT2D eigenvalue weighted by Gasteiger charge is 2.31. The molecule has 0 fully saturated rings. The van der Waals surface area contributed by atoms with Crippen LogP contribution in [0.25, 0.3) is 0 Å². The average Bonchev–Trinajstić information content (AvgIpc) is 2.77. The molecule has 0 aromatic heterocycles. The van der Waals surface area contributed by atoms with Gasteiger partial charge in [0.2, 0.25) is 21.8 Å². The number of halogens is 2. The fourth-order valence-corrected chi connectivity index (χ4v) is 4.34. The van der Waals surface area contributed by atoms with Crippen molar-refractivity contribution < 1.29 is 22.4 Å². The zero-order chi connectivity index (χ0) is 25.6. The van der Waals surface area contributed by atoms with Crippen LogP contribution >= 0.6 is 15.9 Å². The number of benzene rings is 2. The van der Waals surface area contributed by atoms with E-state index in [2.05, 4.69) is 21.2 Å². The first kappa shape index (κ1) is 27.8. The zero-order valence-corrected chi connectivity index (χ0v) is 22.4. The molecule has 2 aromatic rings. The number of hydrogen-bond donors (Lipinski definition) is 1. The van der Waals surface area contributed by atoms with Gasteiger partial charge in [0.05, 0.1) is 11.9 Å². The Kier molecular flexibility index (Phi) is 9.64. The van der Waals surface area contributed by atoms with Crippen LogP contribution in [0.2, 0.25) is 0 Å². The summed E-state index contributed by atoms with van der Waals surface area (Å²) in [6.07, 6.45) is 1.71. The maximum absolute atomic E-state index is 14.4. The van der Waals surface area contributed by atoms with E-state index in [1.165, 1.54) is 23.1 Å². The van der Waals surface area contributed by atoms with Crippen molar-refractivity contribution in [2.24, 2.45) is 0 Å². The summed E-state index contributed by atoms with van der Waals surface area (Å²) in [5, 5.41) is 2.83. The molecule has 10 heteroatoms.